The lowest BCUT2D eigenvalue weighted by molar-refractivity contribution is -0.123. The number of allylic oxidation sites excluding steroid dienone is 8. The Morgan fingerprint density at radius 2 is 1.21 bits per heavy atom. The fraction of sp³-hybridized carbons (Fsp3) is 0.655. The minimum absolute atomic E-state index is 0. The summed E-state index contributed by atoms with van der Waals surface area (Å²) in [7, 11) is 0. The molecule has 0 aromatic rings. The van der Waals surface area contributed by atoms with Crippen LogP contribution in [0.15, 0.2) is 48.6 Å². The van der Waals surface area contributed by atoms with E-state index in [4.69, 9.17) is 29.7 Å². The maximum Gasteiger partial charge on any atom is 0.222 e. The van der Waals surface area contributed by atoms with Gasteiger partial charge in [-0.3, -0.25) is 9.59 Å². The number of nitrogens with one attached hydrogen (secondary N) is 2. The zero-order valence-corrected chi connectivity index (χ0v) is 22.8. The average Bonchev–Trinajstić information content (AvgIpc) is 3.24. The smallest absolute Gasteiger partial charge is 0.222 e. The number of aliphatic hydroxyl groups excluding tert-OH is 1. The van der Waals surface area contributed by atoms with Gasteiger partial charge in [0.1, 0.15) is 0 Å². The SMILES string of the molecule is C/C=C/C=C\CCC(C)CC(=O)NCC(C)C.C/C=C/C=C\CCC(O)CC(=O)NCC(C)C.[2HH].[2H][2H].[2H][2H].[2H][2H].[2H][2H].[2H][2H].[2H][2H].[2H][2H].[2H][2H].[2H][2H].[2H][2H]. The Morgan fingerprint density at radius 3 is 1.65 bits per heavy atom. The summed E-state index contributed by atoms with van der Waals surface area (Å²) < 4.78 is 100. The molecule has 0 aliphatic carbocycles. The molecule has 2 amide bonds. The van der Waals surface area contributed by atoms with Crippen molar-refractivity contribution in [1.82, 2.24) is 10.6 Å². The van der Waals surface area contributed by atoms with E-state index in [1.807, 2.05) is 64.2 Å². The highest BCUT2D eigenvalue weighted by atomic mass is 16.3. The van der Waals surface area contributed by atoms with Crippen molar-refractivity contribution < 1.29 is 45.8 Å². The Hall–Kier alpha value is -2.14. The van der Waals surface area contributed by atoms with Crippen LogP contribution in [-0.4, -0.2) is 36.1 Å². The number of carbonyl (C=O) groups excluding carboxylic acids is 2. The van der Waals surface area contributed by atoms with Crippen LogP contribution in [0, 0.1) is 17.8 Å². The van der Waals surface area contributed by atoms with Crippen LogP contribution in [0.5, 0.6) is 0 Å². The summed E-state index contributed by atoms with van der Waals surface area (Å²) in [4.78, 5) is 22.9. The highest BCUT2D eigenvalue weighted by Gasteiger charge is 2.10. The minimum Gasteiger partial charge on any atom is -0.393 e. The van der Waals surface area contributed by atoms with E-state index >= 15 is 0 Å². The molecule has 0 bridgehead atoms. The van der Waals surface area contributed by atoms with Gasteiger partial charge in [-0.2, -0.15) is 0 Å². The molecule has 5 heteroatoms. The highest BCUT2D eigenvalue weighted by molar-refractivity contribution is 5.76. The Bertz CT molecular complexity index is 618. The van der Waals surface area contributed by atoms with Gasteiger partial charge in [-0.25, -0.2) is 0 Å². The molecule has 3 N–H and O–H groups in total. The summed E-state index contributed by atoms with van der Waals surface area (Å²) in [6, 6.07) is 0. The summed E-state index contributed by atoms with van der Waals surface area (Å²) in [5.74, 6) is 1.54. The second-order valence-electron chi connectivity index (χ2n) is 9.63. The van der Waals surface area contributed by atoms with E-state index in [-0.39, 0.29) is 19.7 Å². The van der Waals surface area contributed by atoms with E-state index in [2.05, 4.69) is 43.6 Å². The van der Waals surface area contributed by atoms with E-state index in [0.717, 1.165) is 25.8 Å². The lowest BCUT2D eigenvalue weighted by Gasteiger charge is -2.11. The molecule has 5 nitrogen and oxygen atoms in total. The largest absolute Gasteiger partial charge is 0.393 e. The van der Waals surface area contributed by atoms with Gasteiger partial charge in [0.15, 0.2) is 0 Å². The van der Waals surface area contributed by atoms with Crippen LogP contribution < -0.4 is 10.6 Å². The molecule has 0 aliphatic heterocycles. The van der Waals surface area contributed by atoms with Crippen molar-refractivity contribution >= 4 is 11.8 Å². The summed E-state index contributed by atoms with van der Waals surface area (Å²) in [6.07, 6.45) is 19.9. The van der Waals surface area contributed by atoms with E-state index in [9.17, 15) is 14.7 Å². The molecular formula is C29H74N2O3. The first kappa shape index (κ1) is 19.1. The number of aliphatic hydroxyl groups is 1. The molecule has 2 atom stereocenters. The maximum absolute atomic E-state index is 11.6. The topological polar surface area (TPSA) is 78.4 Å². The molecule has 0 fully saturated rings. The van der Waals surface area contributed by atoms with Crippen molar-refractivity contribution in [3.05, 3.63) is 48.6 Å². The monoisotopic (exact) mass is 520 g/mol. The Labute approximate surface area is 242 Å². The number of hydrogen-bond acceptors (Lipinski definition) is 3. The number of hydrogen-bond donors (Lipinski definition) is 3. The molecule has 0 saturated carbocycles. The van der Waals surface area contributed by atoms with Crippen molar-refractivity contribution in [1.29, 1.82) is 0 Å². The van der Waals surface area contributed by atoms with Gasteiger partial charge in [-0.15, -0.1) is 0 Å². The molecule has 0 heterocycles. The number of rotatable bonds is 16. The molecule has 2 unspecified atom stereocenters. The van der Waals surface area contributed by atoms with Gasteiger partial charge in [-0.1, -0.05) is 83.2 Å². The predicted molar refractivity (Wildman–Crippen MR) is 170 cm³/mol. The van der Waals surface area contributed by atoms with Crippen LogP contribution in [0.2, 0.25) is 0 Å². The van der Waals surface area contributed by atoms with Crippen LogP contribution in [0.4, 0.5) is 0 Å². The minimum atomic E-state index is -0.544. The van der Waals surface area contributed by atoms with Gasteiger partial charge < -0.3 is 15.7 Å². The third-order valence-corrected chi connectivity index (χ3v) is 4.74. The zero-order chi connectivity index (χ0) is 46.2. The van der Waals surface area contributed by atoms with Gasteiger partial charge in [0.25, 0.3) is 0 Å². The summed E-state index contributed by atoms with van der Waals surface area (Å²) in [5, 5.41) is 15.4. The summed E-state index contributed by atoms with van der Waals surface area (Å²) in [6.45, 7) is 15.9. The molecule has 0 spiro atoms. The van der Waals surface area contributed by atoms with Crippen LogP contribution >= 0.6 is 0 Å². The van der Waals surface area contributed by atoms with Crippen molar-refractivity contribution in [2.75, 3.05) is 13.1 Å². The fourth-order valence-corrected chi connectivity index (χ4v) is 2.76. The van der Waals surface area contributed by atoms with Crippen LogP contribution in [0.1, 0.15) is 118 Å². The van der Waals surface area contributed by atoms with Crippen molar-refractivity contribution in [2.24, 2.45) is 17.8 Å². The molecular weight excluding hydrogens is 424 g/mol. The number of amides is 2. The summed E-state index contributed by atoms with van der Waals surface area (Å²) in [5.41, 5.74) is 0. The lowest BCUT2D eigenvalue weighted by atomic mass is 10.0. The second-order valence-corrected chi connectivity index (χ2v) is 9.63. The van der Waals surface area contributed by atoms with Crippen LogP contribution in [0.3, 0.4) is 0 Å². The normalized spacial score (nSPS) is 16.1. The molecule has 0 radical (unpaired) electrons. The van der Waals surface area contributed by atoms with Gasteiger partial charge in [0, 0.05) is 50.6 Å². The Morgan fingerprint density at radius 1 is 0.765 bits per heavy atom. The third kappa shape index (κ3) is 27.9. The standard InChI is InChI=1S/C15H27NO.C14H25NO2.11H2/c1-5-6-7-8-9-10-14(4)11-15(17)16-12-13(2)3;1-4-5-6-7-8-9-13(16)10-14(17)15-11-12(2)3;;;;;;;;;;;/h5-8,13-14H,9-12H2,1-4H3,(H,16,17);4-7,12-13,16H,8-11H2,1-3H3,(H,15,17);11*1H/b6-5+,8-7-;5-4+,7-6-;;;;;;;;;;;/i;;10*1+1D;1+1. The first-order valence-electron chi connectivity index (χ1n) is 22.9. The summed E-state index contributed by atoms with van der Waals surface area (Å²) >= 11 is 0. The zero-order valence-electron chi connectivity index (χ0n) is 42.8. The van der Waals surface area contributed by atoms with E-state index in [1.165, 1.54) is 0 Å². The van der Waals surface area contributed by atoms with Gasteiger partial charge in [0.05, 0.1) is 12.5 Å². The van der Waals surface area contributed by atoms with Crippen molar-refractivity contribution in [2.45, 2.75) is 93.1 Å². The van der Waals surface area contributed by atoms with Crippen molar-refractivity contribution in [3.63, 3.8) is 0 Å². The Balaban J connectivity index is -0.0000000394. The average molecular weight is 520 g/mol. The van der Waals surface area contributed by atoms with Gasteiger partial charge in [0.2, 0.25) is 11.8 Å². The van der Waals surface area contributed by atoms with E-state index < -0.39 is 6.10 Å². The third-order valence-electron chi connectivity index (χ3n) is 4.74. The van der Waals surface area contributed by atoms with Crippen LogP contribution in [0.25, 0.3) is 0 Å². The second kappa shape index (κ2) is 24.0. The molecule has 0 aromatic carbocycles. The van der Waals surface area contributed by atoms with Gasteiger partial charge >= 0.3 is 0 Å². The molecule has 218 valence electrons. The fourth-order valence-electron chi connectivity index (χ4n) is 2.76. The van der Waals surface area contributed by atoms with Crippen LogP contribution in [-0.2, 0) is 9.59 Å². The Kier molecular flexibility index (Phi) is 13.5. The molecule has 0 aliphatic rings. The molecule has 0 aromatic heterocycles. The molecule has 0 rings (SSSR count). The van der Waals surface area contributed by atoms with E-state index in [0.29, 0.717) is 37.1 Å². The first-order valence-corrected chi connectivity index (χ1v) is 12.9. The first-order chi connectivity index (χ1) is 26.1. The van der Waals surface area contributed by atoms with Gasteiger partial charge in [-0.05, 0) is 57.3 Å². The molecule has 0 saturated heterocycles. The number of carbonyl (C=O) groups is 2. The highest BCUT2D eigenvalue weighted by Crippen LogP contribution is 2.10. The van der Waals surface area contributed by atoms with Crippen molar-refractivity contribution in [3.8, 4) is 0 Å². The maximum atomic E-state index is 11.6. The predicted octanol–water partition coefficient (Wildman–Crippen LogP) is 8.83. The lowest BCUT2D eigenvalue weighted by Crippen LogP contribution is -2.30. The van der Waals surface area contributed by atoms with E-state index in [1.54, 1.807) is 0 Å². The molecule has 34 heavy (non-hydrogen) atoms. The quantitative estimate of drug-likeness (QED) is 0.178.